The number of halogens is 2. The lowest BCUT2D eigenvalue weighted by Crippen LogP contribution is -2.17. The van der Waals surface area contributed by atoms with Gasteiger partial charge < -0.3 is 11.1 Å². The third-order valence-corrected chi connectivity index (χ3v) is 3.14. The highest BCUT2D eigenvalue weighted by molar-refractivity contribution is 6.05. The standard InChI is InChI=1S/C15H14F2N2O/c1-8-6-7-12(18)9(2)14(8)19-15(20)13-10(16)4-3-5-11(13)17/h3-7H,18H2,1-2H3,(H,19,20). The summed E-state index contributed by atoms with van der Waals surface area (Å²) in [7, 11) is 0. The number of carbonyl (C=O) groups excluding carboxylic acids is 1. The lowest BCUT2D eigenvalue weighted by atomic mass is 10.1. The topological polar surface area (TPSA) is 55.1 Å². The van der Waals surface area contributed by atoms with E-state index < -0.39 is 23.1 Å². The van der Waals surface area contributed by atoms with Crippen molar-refractivity contribution >= 4 is 17.3 Å². The van der Waals surface area contributed by atoms with Gasteiger partial charge in [-0.1, -0.05) is 12.1 Å². The predicted molar refractivity (Wildman–Crippen MR) is 74.6 cm³/mol. The molecule has 0 aliphatic carbocycles. The van der Waals surface area contributed by atoms with Crippen LogP contribution < -0.4 is 11.1 Å². The number of aryl methyl sites for hydroxylation is 1. The summed E-state index contributed by atoms with van der Waals surface area (Å²) >= 11 is 0. The molecular formula is C15H14F2N2O. The Morgan fingerprint density at radius 3 is 2.30 bits per heavy atom. The highest BCUT2D eigenvalue weighted by Crippen LogP contribution is 2.26. The summed E-state index contributed by atoms with van der Waals surface area (Å²) in [4.78, 5) is 12.0. The van der Waals surface area contributed by atoms with Crippen LogP contribution in [-0.4, -0.2) is 5.91 Å². The Kier molecular flexibility index (Phi) is 3.70. The number of hydrogen-bond donors (Lipinski definition) is 2. The number of nitrogens with two attached hydrogens (primary N) is 1. The number of rotatable bonds is 2. The van der Waals surface area contributed by atoms with Crippen LogP contribution in [0.5, 0.6) is 0 Å². The number of nitrogens with one attached hydrogen (secondary N) is 1. The normalized spacial score (nSPS) is 10.4. The van der Waals surface area contributed by atoms with E-state index >= 15 is 0 Å². The highest BCUT2D eigenvalue weighted by Gasteiger charge is 2.18. The molecule has 2 aromatic rings. The van der Waals surface area contributed by atoms with Crippen LogP contribution in [0.3, 0.4) is 0 Å². The second-order valence-corrected chi connectivity index (χ2v) is 4.52. The largest absolute Gasteiger partial charge is 0.398 e. The van der Waals surface area contributed by atoms with E-state index in [2.05, 4.69) is 5.32 Å². The van der Waals surface area contributed by atoms with E-state index in [1.807, 2.05) is 0 Å². The molecule has 104 valence electrons. The second-order valence-electron chi connectivity index (χ2n) is 4.52. The molecule has 2 rings (SSSR count). The first kappa shape index (κ1) is 14.0. The van der Waals surface area contributed by atoms with Gasteiger partial charge in [-0.2, -0.15) is 0 Å². The summed E-state index contributed by atoms with van der Waals surface area (Å²) in [6.07, 6.45) is 0. The number of anilines is 2. The summed E-state index contributed by atoms with van der Waals surface area (Å²) in [5, 5.41) is 2.52. The number of benzene rings is 2. The highest BCUT2D eigenvalue weighted by atomic mass is 19.1. The molecule has 3 nitrogen and oxygen atoms in total. The minimum Gasteiger partial charge on any atom is -0.398 e. The molecule has 0 heterocycles. The quantitative estimate of drug-likeness (QED) is 0.826. The molecule has 0 aromatic heterocycles. The molecule has 5 heteroatoms. The van der Waals surface area contributed by atoms with Gasteiger partial charge >= 0.3 is 0 Å². The van der Waals surface area contributed by atoms with E-state index in [0.717, 1.165) is 17.7 Å². The minimum absolute atomic E-state index is 0.470. The summed E-state index contributed by atoms with van der Waals surface area (Å²) < 4.78 is 27.1. The summed E-state index contributed by atoms with van der Waals surface area (Å²) in [5.74, 6) is -2.64. The summed E-state index contributed by atoms with van der Waals surface area (Å²) in [6, 6.07) is 6.73. The second kappa shape index (κ2) is 5.28. The van der Waals surface area contributed by atoms with Gasteiger partial charge in [-0.15, -0.1) is 0 Å². The minimum atomic E-state index is -0.901. The molecule has 0 radical (unpaired) electrons. The van der Waals surface area contributed by atoms with E-state index in [1.54, 1.807) is 26.0 Å². The van der Waals surface area contributed by atoms with Gasteiger partial charge in [0.1, 0.15) is 17.2 Å². The maximum Gasteiger partial charge on any atom is 0.261 e. The fourth-order valence-corrected chi connectivity index (χ4v) is 1.95. The SMILES string of the molecule is Cc1ccc(N)c(C)c1NC(=O)c1c(F)cccc1F. The molecule has 1 amide bonds. The smallest absolute Gasteiger partial charge is 0.261 e. The monoisotopic (exact) mass is 276 g/mol. The zero-order chi connectivity index (χ0) is 14.9. The molecule has 0 saturated carbocycles. The van der Waals surface area contributed by atoms with Crippen LogP contribution in [0.15, 0.2) is 30.3 Å². The van der Waals surface area contributed by atoms with Crippen molar-refractivity contribution in [2.75, 3.05) is 11.1 Å². The van der Waals surface area contributed by atoms with E-state index in [-0.39, 0.29) is 0 Å². The Bertz CT molecular complexity index is 664. The van der Waals surface area contributed by atoms with E-state index in [4.69, 9.17) is 5.73 Å². The van der Waals surface area contributed by atoms with Gasteiger partial charge in [-0.25, -0.2) is 8.78 Å². The lowest BCUT2D eigenvalue weighted by Gasteiger charge is -2.14. The zero-order valence-electron chi connectivity index (χ0n) is 11.1. The van der Waals surface area contributed by atoms with Crippen molar-refractivity contribution in [2.24, 2.45) is 0 Å². The number of hydrogen-bond acceptors (Lipinski definition) is 2. The average molecular weight is 276 g/mol. The molecule has 0 unspecified atom stereocenters. The van der Waals surface area contributed by atoms with Crippen molar-refractivity contribution in [3.8, 4) is 0 Å². The molecule has 0 atom stereocenters. The Morgan fingerprint density at radius 1 is 1.10 bits per heavy atom. The van der Waals surface area contributed by atoms with Gasteiger partial charge in [-0.3, -0.25) is 4.79 Å². The molecule has 20 heavy (non-hydrogen) atoms. The van der Waals surface area contributed by atoms with Crippen LogP contribution in [0.1, 0.15) is 21.5 Å². The summed E-state index contributed by atoms with van der Waals surface area (Å²) in [5.41, 5.74) is 7.56. The van der Waals surface area contributed by atoms with Crippen LogP contribution in [-0.2, 0) is 0 Å². The van der Waals surface area contributed by atoms with Gasteiger partial charge in [0.25, 0.3) is 5.91 Å². The van der Waals surface area contributed by atoms with Crippen molar-refractivity contribution in [3.63, 3.8) is 0 Å². The molecular weight excluding hydrogens is 262 g/mol. The van der Waals surface area contributed by atoms with Gasteiger partial charge in [-0.05, 0) is 43.2 Å². The number of nitrogen functional groups attached to an aromatic ring is 1. The van der Waals surface area contributed by atoms with Crippen molar-refractivity contribution in [1.82, 2.24) is 0 Å². The van der Waals surface area contributed by atoms with Crippen LogP contribution in [0.2, 0.25) is 0 Å². The molecule has 0 spiro atoms. The Labute approximate surface area is 115 Å². The van der Waals surface area contributed by atoms with E-state index in [1.165, 1.54) is 6.07 Å². The molecule has 0 saturated heterocycles. The molecule has 0 bridgehead atoms. The van der Waals surface area contributed by atoms with Gasteiger partial charge in [0.2, 0.25) is 0 Å². The Hall–Kier alpha value is -2.43. The maximum atomic E-state index is 13.6. The Morgan fingerprint density at radius 2 is 1.70 bits per heavy atom. The van der Waals surface area contributed by atoms with Gasteiger partial charge in [0.15, 0.2) is 0 Å². The first-order chi connectivity index (χ1) is 9.41. The van der Waals surface area contributed by atoms with Crippen LogP contribution in [0.25, 0.3) is 0 Å². The fourth-order valence-electron chi connectivity index (χ4n) is 1.95. The lowest BCUT2D eigenvalue weighted by molar-refractivity contribution is 0.101. The van der Waals surface area contributed by atoms with Crippen molar-refractivity contribution in [3.05, 3.63) is 58.7 Å². The number of carbonyl (C=O) groups is 1. The van der Waals surface area contributed by atoms with Crippen molar-refractivity contribution in [1.29, 1.82) is 0 Å². The first-order valence-corrected chi connectivity index (χ1v) is 6.03. The molecule has 0 fully saturated rings. The van der Waals surface area contributed by atoms with Gasteiger partial charge in [0.05, 0.1) is 0 Å². The molecule has 3 N–H and O–H groups in total. The van der Waals surface area contributed by atoms with E-state index in [0.29, 0.717) is 16.9 Å². The zero-order valence-corrected chi connectivity index (χ0v) is 11.1. The molecule has 0 aliphatic rings. The van der Waals surface area contributed by atoms with E-state index in [9.17, 15) is 13.6 Å². The third-order valence-electron chi connectivity index (χ3n) is 3.14. The number of amides is 1. The average Bonchev–Trinajstić information content (AvgIpc) is 2.39. The summed E-state index contributed by atoms with van der Waals surface area (Å²) in [6.45, 7) is 3.51. The van der Waals surface area contributed by atoms with Crippen LogP contribution >= 0.6 is 0 Å². The fraction of sp³-hybridized carbons (Fsp3) is 0.133. The third kappa shape index (κ3) is 2.47. The Balaban J connectivity index is 2.41. The maximum absolute atomic E-state index is 13.6. The van der Waals surface area contributed by atoms with Crippen LogP contribution in [0.4, 0.5) is 20.2 Å². The molecule has 0 aliphatic heterocycles. The molecule has 2 aromatic carbocycles. The first-order valence-electron chi connectivity index (χ1n) is 6.03. The van der Waals surface area contributed by atoms with Crippen molar-refractivity contribution in [2.45, 2.75) is 13.8 Å². The van der Waals surface area contributed by atoms with Crippen molar-refractivity contribution < 1.29 is 13.6 Å². The van der Waals surface area contributed by atoms with Gasteiger partial charge in [0, 0.05) is 11.4 Å². The van der Waals surface area contributed by atoms with Crippen LogP contribution in [0, 0.1) is 25.5 Å². The predicted octanol–water partition coefficient (Wildman–Crippen LogP) is 3.42.